The normalized spacial score (nSPS) is 19.4. The molecule has 2 heteroatoms. The van der Waals surface area contributed by atoms with Crippen molar-refractivity contribution in [1.82, 2.24) is 5.32 Å². The van der Waals surface area contributed by atoms with Crippen LogP contribution in [0.5, 0.6) is 0 Å². The van der Waals surface area contributed by atoms with Gasteiger partial charge in [0, 0.05) is 12.6 Å². The van der Waals surface area contributed by atoms with Gasteiger partial charge >= 0.3 is 0 Å². The standard InChI is InChI=1S/C16H22N2/c1-16(2)9-7-15(8-10-16)18-12-14-6-4-3-5-13(14)11-17/h3-6,15,18H,7-10,12H2,1-2H3. The van der Waals surface area contributed by atoms with Crippen LogP contribution in [0.2, 0.25) is 0 Å². The van der Waals surface area contributed by atoms with E-state index in [9.17, 15) is 0 Å². The first kappa shape index (κ1) is 13.1. The number of benzene rings is 1. The number of rotatable bonds is 3. The Balaban J connectivity index is 1.87. The lowest BCUT2D eigenvalue weighted by molar-refractivity contribution is 0.206. The molecule has 2 rings (SSSR count). The zero-order valence-corrected chi connectivity index (χ0v) is 11.4. The molecule has 1 aromatic rings. The van der Waals surface area contributed by atoms with E-state index < -0.39 is 0 Å². The Morgan fingerprint density at radius 1 is 1.28 bits per heavy atom. The van der Waals surface area contributed by atoms with Crippen molar-refractivity contribution in [3.63, 3.8) is 0 Å². The minimum Gasteiger partial charge on any atom is -0.310 e. The average molecular weight is 242 g/mol. The van der Waals surface area contributed by atoms with Crippen LogP contribution in [0, 0.1) is 16.7 Å². The van der Waals surface area contributed by atoms with Crippen LogP contribution >= 0.6 is 0 Å². The first-order valence-corrected chi connectivity index (χ1v) is 6.82. The molecule has 0 unspecified atom stereocenters. The van der Waals surface area contributed by atoms with Gasteiger partial charge in [0.2, 0.25) is 0 Å². The molecule has 1 fully saturated rings. The molecule has 1 aliphatic rings. The minimum atomic E-state index is 0.517. The monoisotopic (exact) mass is 242 g/mol. The molecule has 96 valence electrons. The van der Waals surface area contributed by atoms with Gasteiger partial charge in [-0.15, -0.1) is 0 Å². The third-order valence-corrected chi connectivity index (χ3v) is 4.06. The Bertz CT molecular complexity index is 433. The molecular formula is C16H22N2. The maximum atomic E-state index is 9.05. The van der Waals surface area contributed by atoms with Gasteiger partial charge in [-0.05, 0) is 42.7 Å². The first-order valence-electron chi connectivity index (χ1n) is 6.82. The van der Waals surface area contributed by atoms with Crippen LogP contribution in [0.1, 0.15) is 50.7 Å². The summed E-state index contributed by atoms with van der Waals surface area (Å²) in [5.74, 6) is 0. The summed E-state index contributed by atoms with van der Waals surface area (Å²) in [5.41, 5.74) is 2.42. The smallest absolute Gasteiger partial charge is 0.0995 e. The zero-order chi connectivity index (χ0) is 13.0. The van der Waals surface area contributed by atoms with Gasteiger partial charge in [0.25, 0.3) is 0 Å². The van der Waals surface area contributed by atoms with E-state index in [-0.39, 0.29) is 0 Å². The highest BCUT2D eigenvalue weighted by atomic mass is 14.9. The zero-order valence-electron chi connectivity index (χ0n) is 11.4. The van der Waals surface area contributed by atoms with Crippen LogP contribution in [0.25, 0.3) is 0 Å². The third-order valence-electron chi connectivity index (χ3n) is 4.06. The van der Waals surface area contributed by atoms with E-state index in [0.717, 1.165) is 17.7 Å². The molecule has 18 heavy (non-hydrogen) atoms. The molecule has 0 aliphatic heterocycles. The highest BCUT2D eigenvalue weighted by Crippen LogP contribution is 2.35. The number of nitriles is 1. The second-order valence-electron chi connectivity index (χ2n) is 6.09. The van der Waals surface area contributed by atoms with Crippen LogP contribution in [-0.2, 0) is 6.54 Å². The van der Waals surface area contributed by atoms with E-state index in [0.29, 0.717) is 11.5 Å². The Hall–Kier alpha value is -1.33. The van der Waals surface area contributed by atoms with Gasteiger partial charge in [-0.2, -0.15) is 5.26 Å². The van der Waals surface area contributed by atoms with E-state index in [1.165, 1.54) is 25.7 Å². The molecular weight excluding hydrogens is 220 g/mol. The quantitative estimate of drug-likeness (QED) is 0.878. The van der Waals surface area contributed by atoms with Crippen molar-refractivity contribution >= 4 is 0 Å². The fourth-order valence-electron chi connectivity index (χ4n) is 2.64. The molecule has 0 radical (unpaired) electrons. The van der Waals surface area contributed by atoms with Crippen LogP contribution in [0.4, 0.5) is 0 Å². The van der Waals surface area contributed by atoms with E-state index in [1.54, 1.807) is 0 Å². The van der Waals surface area contributed by atoms with E-state index in [4.69, 9.17) is 5.26 Å². The van der Waals surface area contributed by atoms with Gasteiger partial charge in [0.1, 0.15) is 0 Å². The molecule has 0 atom stereocenters. The van der Waals surface area contributed by atoms with Gasteiger partial charge in [-0.25, -0.2) is 0 Å². The summed E-state index contributed by atoms with van der Waals surface area (Å²) in [7, 11) is 0. The van der Waals surface area contributed by atoms with Crippen molar-refractivity contribution < 1.29 is 0 Å². The van der Waals surface area contributed by atoms with Gasteiger partial charge in [0.15, 0.2) is 0 Å². The second kappa shape index (κ2) is 5.54. The SMILES string of the molecule is CC1(C)CCC(NCc2ccccc2C#N)CC1. The highest BCUT2D eigenvalue weighted by Gasteiger charge is 2.26. The molecule has 0 amide bonds. The predicted octanol–water partition coefficient (Wildman–Crippen LogP) is 3.62. The summed E-state index contributed by atoms with van der Waals surface area (Å²) in [6.45, 7) is 5.53. The van der Waals surface area contributed by atoms with Gasteiger partial charge in [-0.1, -0.05) is 32.0 Å². The number of nitrogens with one attached hydrogen (secondary N) is 1. The van der Waals surface area contributed by atoms with Crippen molar-refractivity contribution in [1.29, 1.82) is 5.26 Å². The Kier molecular flexibility index (Phi) is 4.04. The first-order chi connectivity index (χ1) is 8.61. The Morgan fingerprint density at radius 2 is 1.94 bits per heavy atom. The summed E-state index contributed by atoms with van der Waals surface area (Å²) in [6.07, 6.45) is 5.10. The lowest BCUT2D eigenvalue weighted by atomic mass is 9.75. The van der Waals surface area contributed by atoms with Crippen LogP contribution < -0.4 is 5.32 Å². The summed E-state index contributed by atoms with van der Waals surface area (Å²) >= 11 is 0. The number of hydrogen-bond donors (Lipinski definition) is 1. The van der Waals surface area contributed by atoms with Gasteiger partial charge in [0.05, 0.1) is 11.6 Å². The maximum Gasteiger partial charge on any atom is 0.0995 e. The fraction of sp³-hybridized carbons (Fsp3) is 0.562. The van der Waals surface area contributed by atoms with E-state index in [2.05, 4.69) is 25.2 Å². The van der Waals surface area contributed by atoms with Crippen molar-refractivity contribution in [2.75, 3.05) is 0 Å². The van der Waals surface area contributed by atoms with Crippen molar-refractivity contribution in [3.05, 3.63) is 35.4 Å². The largest absolute Gasteiger partial charge is 0.310 e. The van der Waals surface area contributed by atoms with Crippen molar-refractivity contribution in [3.8, 4) is 6.07 Å². The molecule has 1 saturated carbocycles. The number of nitrogens with zero attached hydrogens (tertiary/aromatic N) is 1. The number of hydrogen-bond acceptors (Lipinski definition) is 2. The van der Waals surface area contributed by atoms with Crippen molar-refractivity contribution in [2.45, 2.75) is 52.1 Å². The molecule has 1 aromatic carbocycles. The summed E-state index contributed by atoms with van der Waals surface area (Å²) in [5, 5.41) is 12.6. The summed E-state index contributed by atoms with van der Waals surface area (Å²) < 4.78 is 0. The molecule has 0 spiro atoms. The highest BCUT2D eigenvalue weighted by molar-refractivity contribution is 5.37. The second-order valence-corrected chi connectivity index (χ2v) is 6.09. The average Bonchev–Trinajstić information content (AvgIpc) is 2.38. The molecule has 1 aliphatic carbocycles. The molecule has 0 bridgehead atoms. The van der Waals surface area contributed by atoms with Crippen LogP contribution in [-0.4, -0.2) is 6.04 Å². The Labute approximate surface area is 110 Å². The lowest BCUT2D eigenvalue weighted by Crippen LogP contribution is -2.35. The van der Waals surface area contributed by atoms with Gasteiger partial charge in [-0.3, -0.25) is 0 Å². The topological polar surface area (TPSA) is 35.8 Å². The summed E-state index contributed by atoms with van der Waals surface area (Å²) in [6, 6.07) is 10.7. The van der Waals surface area contributed by atoms with Crippen molar-refractivity contribution in [2.24, 2.45) is 5.41 Å². The van der Waals surface area contributed by atoms with E-state index >= 15 is 0 Å². The lowest BCUT2D eigenvalue weighted by Gasteiger charge is -2.34. The minimum absolute atomic E-state index is 0.517. The third kappa shape index (κ3) is 3.34. The maximum absolute atomic E-state index is 9.05. The molecule has 0 saturated heterocycles. The summed E-state index contributed by atoms with van der Waals surface area (Å²) in [4.78, 5) is 0. The van der Waals surface area contributed by atoms with E-state index in [1.807, 2.05) is 24.3 Å². The fourth-order valence-corrected chi connectivity index (χ4v) is 2.64. The predicted molar refractivity (Wildman–Crippen MR) is 74.0 cm³/mol. The van der Waals surface area contributed by atoms with Gasteiger partial charge < -0.3 is 5.32 Å². The molecule has 2 nitrogen and oxygen atoms in total. The van der Waals surface area contributed by atoms with Crippen LogP contribution in [0.15, 0.2) is 24.3 Å². The molecule has 1 N–H and O–H groups in total. The molecule has 0 heterocycles. The van der Waals surface area contributed by atoms with Crippen LogP contribution in [0.3, 0.4) is 0 Å². The molecule has 0 aromatic heterocycles. The Morgan fingerprint density at radius 3 is 2.61 bits per heavy atom.